The number of nitrogens with zero attached hydrogens (tertiary/aromatic N) is 5. The molecule has 0 radical (unpaired) electrons. The topological polar surface area (TPSA) is 144 Å². The maximum Gasteiger partial charge on any atom is 0.407 e. The number of carbonyl (C=O) groups is 2. The van der Waals surface area contributed by atoms with Gasteiger partial charge in [-0.2, -0.15) is 5.10 Å². The SMILES string of the molecule is COc1ccc(CNc2nccc3c2c(-c2ccc(C(=O)Nc4ccccn4)cc2Cl)nn3C2CN(C(=O)O)C2C(C)(C)C)c(OC)c1. The van der Waals surface area contributed by atoms with Crippen molar-refractivity contribution in [1.82, 2.24) is 24.6 Å². The van der Waals surface area contributed by atoms with Crippen molar-refractivity contribution in [3.8, 4) is 22.8 Å². The van der Waals surface area contributed by atoms with Crippen LogP contribution in [0.15, 0.2) is 73.1 Å². The number of anilines is 2. The lowest BCUT2D eigenvalue weighted by atomic mass is 9.76. The summed E-state index contributed by atoms with van der Waals surface area (Å²) in [6.45, 7) is 6.73. The third-order valence-corrected chi connectivity index (χ3v) is 8.80. The molecular formula is C35H36ClN7O5. The Kier molecular flexibility index (Phi) is 8.85. The number of hydrogen-bond donors (Lipinski definition) is 3. The molecule has 1 fully saturated rings. The van der Waals surface area contributed by atoms with E-state index in [-0.39, 0.29) is 30.0 Å². The highest BCUT2D eigenvalue weighted by Crippen LogP contribution is 2.45. The van der Waals surface area contributed by atoms with Crippen molar-refractivity contribution in [3.63, 3.8) is 0 Å². The standard InChI is InChI=1S/C35H36ClN7O5/c1-35(2,3)31-26(19-42(31)34(45)46)43-25-13-15-38-32(39-18-21-9-11-22(47-4)17-27(21)48-5)29(25)30(41-43)23-12-10-20(16-24(23)36)33(44)40-28-8-6-7-14-37-28/h6-17,26,31H,18-19H2,1-5H3,(H,38,39)(H,45,46)(H,37,40,44). The lowest BCUT2D eigenvalue weighted by Crippen LogP contribution is -2.63. The van der Waals surface area contributed by atoms with E-state index in [4.69, 9.17) is 31.2 Å². The van der Waals surface area contributed by atoms with Crippen LogP contribution in [0.4, 0.5) is 16.4 Å². The average molecular weight is 670 g/mol. The molecule has 248 valence electrons. The lowest BCUT2D eigenvalue weighted by Gasteiger charge is -2.52. The Morgan fingerprint density at radius 2 is 1.83 bits per heavy atom. The van der Waals surface area contributed by atoms with E-state index in [1.807, 2.05) is 49.7 Å². The molecule has 2 amide bonds. The number of likely N-dealkylation sites (tertiary alicyclic amines) is 1. The fraction of sp³-hybridized carbons (Fsp3) is 0.286. The summed E-state index contributed by atoms with van der Waals surface area (Å²) in [6, 6.07) is 17.2. The third kappa shape index (κ3) is 6.18. The Hall–Kier alpha value is -5.36. The molecular weight excluding hydrogens is 634 g/mol. The number of fused-ring (bicyclic) bond motifs is 1. The molecule has 1 saturated heterocycles. The number of aromatic nitrogens is 4. The van der Waals surface area contributed by atoms with Crippen molar-refractivity contribution < 1.29 is 24.2 Å². The van der Waals surface area contributed by atoms with Gasteiger partial charge in [0.25, 0.3) is 5.91 Å². The van der Waals surface area contributed by atoms with Crippen molar-refractivity contribution in [3.05, 3.63) is 89.2 Å². The maximum absolute atomic E-state index is 13.0. The first-order chi connectivity index (χ1) is 23.0. The minimum Gasteiger partial charge on any atom is -0.497 e. The van der Waals surface area contributed by atoms with Crippen LogP contribution in [0.5, 0.6) is 11.5 Å². The number of methoxy groups -OCH3 is 2. The van der Waals surface area contributed by atoms with Crippen LogP contribution >= 0.6 is 11.6 Å². The molecule has 3 aromatic heterocycles. The van der Waals surface area contributed by atoms with Crippen LogP contribution < -0.4 is 20.1 Å². The van der Waals surface area contributed by atoms with Gasteiger partial charge in [0, 0.05) is 48.2 Å². The number of pyridine rings is 2. The Balaban J connectivity index is 1.43. The third-order valence-electron chi connectivity index (χ3n) is 8.48. The molecule has 5 aromatic rings. The second kappa shape index (κ2) is 13.0. The van der Waals surface area contributed by atoms with E-state index in [2.05, 4.69) is 15.6 Å². The van der Waals surface area contributed by atoms with Gasteiger partial charge >= 0.3 is 6.09 Å². The molecule has 12 nitrogen and oxygen atoms in total. The summed E-state index contributed by atoms with van der Waals surface area (Å²) in [4.78, 5) is 35.5. The first kappa shape index (κ1) is 32.6. The lowest BCUT2D eigenvalue weighted by molar-refractivity contribution is -0.0302. The van der Waals surface area contributed by atoms with Gasteiger partial charge in [-0.3, -0.25) is 9.48 Å². The number of halogens is 1. The Bertz CT molecular complexity index is 1990. The van der Waals surface area contributed by atoms with E-state index >= 15 is 0 Å². The molecule has 4 heterocycles. The number of hydrogen-bond acceptors (Lipinski definition) is 8. The molecule has 13 heteroatoms. The van der Waals surface area contributed by atoms with Crippen LogP contribution in [0.25, 0.3) is 22.2 Å². The first-order valence-electron chi connectivity index (χ1n) is 15.3. The Morgan fingerprint density at radius 1 is 1.02 bits per heavy atom. The van der Waals surface area contributed by atoms with E-state index in [0.29, 0.717) is 56.9 Å². The number of ether oxygens (including phenoxy) is 2. The van der Waals surface area contributed by atoms with Crippen molar-refractivity contribution >= 4 is 46.1 Å². The molecule has 1 aliphatic rings. The number of carbonyl (C=O) groups excluding carboxylic acids is 1. The zero-order valence-electron chi connectivity index (χ0n) is 27.2. The first-order valence-corrected chi connectivity index (χ1v) is 15.7. The minimum absolute atomic E-state index is 0.239. The Morgan fingerprint density at radius 3 is 2.50 bits per heavy atom. The molecule has 48 heavy (non-hydrogen) atoms. The van der Waals surface area contributed by atoms with Crippen molar-refractivity contribution in [2.45, 2.75) is 39.4 Å². The van der Waals surface area contributed by atoms with Crippen LogP contribution in [0.2, 0.25) is 5.02 Å². The van der Waals surface area contributed by atoms with Crippen LogP contribution in [0, 0.1) is 5.41 Å². The van der Waals surface area contributed by atoms with Crippen LogP contribution in [0.1, 0.15) is 42.7 Å². The number of carboxylic acid groups (broad SMARTS) is 1. The van der Waals surface area contributed by atoms with Gasteiger partial charge in [-0.1, -0.05) is 44.5 Å². The highest BCUT2D eigenvalue weighted by atomic mass is 35.5. The summed E-state index contributed by atoms with van der Waals surface area (Å²) < 4.78 is 12.8. The summed E-state index contributed by atoms with van der Waals surface area (Å²) in [7, 11) is 3.20. The fourth-order valence-electron chi connectivity index (χ4n) is 6.25. The Labute approximate surface area is 282 Å². The molecule has 0 aliphatic carbocycles. The number of nitrogens with one attached hydrogen (secondary N) is 2. The van der Waals surface area contributed by atoms with Crippen molar-refractivity contribution in [1.29, 1.82) is 0 Å². The smallest absolute Gasteiger partial charge is 0.407 e. The van der Waals surface area contributed by atoms with Gasteiger partial charge < -0.3 is 30.1 Å². The molecule has 2 aromatic carbocycles. The van der Waals surface area contributed by atoms with Gasteiger partial charge in [0.1, 0.15) is 28.8 Å². The quantitative estimate of drug-likeness (QED) is 0.151. The molecule has 2 atom stereocenters. The largest absolute Gasteiger partial charge is 0.497 e. The summed E-state index contributed by atoms with van der Waals surface area (Å²) in [5.74, 6) is 1.96. The van der Waals surface area contributed by atoms with Gasteiger partial charge in [0.2, 0.25) is 0 Å². The summed E-state index contributed by atoms with van der Waals surface area (Å²) in [6.07, 6.45) is 2.33. The van der Waals surface area contributed by atoms with Gasteiger partial charge in [0.05, 0.1) is 42.2 Å². The number of benzene rings is 2. The van der Waals surface area contributed by atoms with Gasteiger partial charge in [-0.05, 0) is 47.9 Å². The van der Waals surface area contributed by atoms with Gasteiger partial charge in [-0.15, -0.1) is 0 Å². The van der Waals surface area contributed by atoms with Crippen molar-refractivity contribution in [2.75, 3.05) is 31.4 Å². The van der Waals surface area contributed by atoms with E-state index in [0.717, 1.165) is 11.1 Å². The predicted molar refractivity (Wildman–Crippen MR) is 184 cm³/mol. The minimum atomic E-state index is -0.970. The molecule has 3 N–H and O–H groups in total. The molecule has 1 aliphatic heterocycles. The summed E-state index contributed by atoms with van der Waals surface area (Å²) in [5.41, 5.74) is 2.78. The van der Waals surface area contributed by atoms with E-state index in [9.17, 15) is 14.7 Å². The number of amides is 2. The molecule has 0 spiro atoms. The normalized spacial score (nSPS) is 15.9. The van der Waals surface area contributed by atoms with Crippen molar-refractivity contribution in [2.24, 2.45) is 5.41 Å². The molecule has 6 rings (SSSR count). The highest BCUT2D eigenvalue weighted by molar-refractivity contribution is 6.34. The zero-order chi connectivity index (χ0) is 34.2. The highest BCUT2D eigenvalue weighted by Gasteiger charge is 2.50. The van der Waals surface area contributed by atoms with Crippen LogP contribution in [-0.4, -0.2) is 68.6 Å². The summed E-state index contributed by atoms with van der Waals surface area (Å²) in [5, 5.41) is 22.3. The monoisotopic (exact) mass is 669 g/mol. The average Bonchev–Trinajstić information content (AvgIpc) is 3.42. The number of rotatable bonds is 9. The van der Waals surface area contributed by atoms with Crippen LogP contribution in [0.3, 0.4) is 0 Å². The van der Waals surface area contributed by atoms with Gasteiger partial charge in [-0.25, -0.2) is 14.8 Å². The second-order valence-electron chi connectivity index (χ2n) is 12.6. The molecule has 2 unspecified atom stereocenters. The second-order valence-corrected chi connectivity index (χ2v) is 13.0. The van der Waals surface area contributed by atoms with Crippen LogP contribution in [-0.2, 0) is 6.54 Å². The zero-order valence-corrected chi connectivity index (χ0v) is 27.9. The maximum atomic E-state index is 13.0. The van der Waals surface area contributed by atoms with E-state index in [1.54, 1.807) is 63.0 Å². The molecule has 0 bridgehead atoms. The van der Waals surface area contributed by atoms with E-state index < -0.39 is 6.09 Å². The van der Waals surface area contributed by atoms with Gasteiger partial charge in [0.15, 0.2) is 0 Å². The predicted octanol–water partition coefficient (Wildman–Crippen LogP) is 6.98. The molecule has 0 saturated carbocycles. The van der Waals surface area contributed by atoms with E-state index in [1.165, 1.54) is 4.90 Å². The summed E-state index contributed by atoms with van der Waals surface area (Å²) >= 11 is 6.91. The fourth-order valence-corrected chi connectivity index (χ4v) is 6.52.